The molecule has 0 spiro atoms. The molecule has 3 rings (SSSR count). The lowest BCUT2D eigenvalue weighted by molar-refractivity contribution is 0.138. The second kappa shape index (κ2) is 8.88. The molecule has 1 fully saturated rings. The molecule has 0 bridgehead atoms. The normalized spacial score (nSPS) is 18.6. The number of pyridine rings is 1. The minimum Gasteiger partial charge on any atom is -0.493 e. The van der Waals surface area contributed by atoms with Gasteiger partial charge in [0.15, 0.2) is 11.5 Å². The summed E-state index contributed by atoms with van der Waals surface area (Å²) in [4.78, 5) is 9.33. The summed E-state index contributed by atoms with van der Waals surface area (Å²) < 4.78 is 16.1. The van der Waals surface area contributed by atoms with Crippen LogP contribution in [-0.4, -0.2) is 56.9 Å². The number of aromatic nitrogens is 1. The highest BCUT2D eigenvalue weighted by Crippen LogP contribution is 2.34. The van der Waals surface area contributed by atoms with Crippen LogP contribution in [0, 0.1) is 0 Å². The summed E-state index contributed by atoms with van der Waals surface area (Å²) >= 11 is 6.11. The Morgan fingerprint density at radius 2 is 1.79 bits per heavy atom. The van der Waals surface area contributed by atoms with Crippen molar-refractivity contribution < 1.29 is 14.2 Å². The molecule has 1 aromatic heterocycles. The van der Waals surface area contributed by atoms with Crippen molar-refractivity contribution in [3.05, 3.63) is 40.9 Å². The molecule has 0 aliphatic carbocycles. The van der Waals surface area contributed by atoms with E-state index in [1.807, 2.05) is 18.2 Å². The number of rotatable bonds is 6. The summed E-state index contributed by atoms with van der Waals surface area (Å²) in [6.07, 6.45) is 0. The lowest BCUT2D eigenvalue weighted by Crippen LogP contribution is -2.52. The van der Waals surface area contributed by atoms with Crippen LogP contribution in [0.25, 0.3) is 0 Å². The van der Waals surface area contributed by atoms with Gasteiger partial charge in [-0.15, -0.1) is 0 Å². The van der Waals surface area contributed by atoms with Crippen LogP contribution in [-0.2, 0) is 0 Å². The monoisotopic (exact) mass is 405 g/mol. The molecule has 7 heteroatoms. The molecule has 2 aromatic rings. The topological polar surface area (TPSA) is 47.1 Å². The van der Waals surface area contributed by atoms with Crippen LogP contribution >= 0.6 is 11.6 Å². The third-order valence-corrected chi connectivity index (χ3v) is 5.67. The fourth-order valence-corrected chi connectivity index (χ4v) is 3.97. The van der Waals surface area contributed by atoms with E-state index in [1.54, 1.807) is 21.3 Å². The average Bonchev–Trinajstić information content (AvgIpc) is 2.73. The fourth-order valence-electron chi connectivity index (χ4n) is 3.79. The molecule has 28 heavy (non-hydrogen) atoms. The van der Waals surface area contributed by atoms with E-state index in [2.05, 4.69) is 40.8 Å². The number of benzene rings is 1. The van der Waals surface area contributed by atoms with Crippen LogP contribution in [0.3, 0.4) is 0 Å². The zero-order chi connectivity index (χ0) is 20.3. The van der Waals surface area contributed by atoms with Gasteiger partial charge < -0.3 is 19.1 Å². The average molecular weight is 406 g/mol. The Morgan fingerprint density at radius 1 is 1.04 bits per heavy atom. The molecule has 0 N–H and O–H groups in total. The number of piperazine rings is 1. The van der Waals surface area contributed by atoms with Crippen LogP contribution in [0.2, 0.25) is 5.02 Å². The molecule has 6 nitrogen and oxygen atoms in total. The molecule has 0 saturated carbocycles. The van der Waals surface area contributed by atoms with Crippen LogP contribution in [0.5, 0.6) is 17.4 Å². The molecular formula is C21H28ClN3O3. The second-order valence-electron chi connectivity index (χ2n) is 6.98. The second-order valence-corrected chi connectivity index (χ2v) is 7.39. The van der Waals surface area contributed by atoms with Crippen molar-refractivity contribution in [3.8, 4) is 17.4 Å². The lowest BCUT2D eigenvalue weighted by atomic mass is 10.0. The molecule has 152 valence electrons. The molecule has 1 saturated heterocycles. The van der Waals surface area contributed by atoms with Crippen molar-refractivity contribution in [2.24, 2.45) is 0 Å². The van der Waals surface area contributed by atoms with Gasteiger partial charge in [0.1, 0.15) is 10.8 Å². The maximum absolute atomic E-state index is 6.11. The van der Waals surface area contributed by atoms with E-state index in [0.717, 1.165) is 37.0 Å². The van der Waals surface area contributed by atoms with Gasteiger partial charge in [-0.25, -0.2) is 0 Å². The molecule has 0 radical (unpaired) electrons. The molecular weight excluding hydrogens is 378 g/mol. The summed E-state index contributed by atoms with van der Waals surface area (Å²) in [6, 6.07) is 10.6. The van der Waals surface area contributed by atoms with Gasteiger partial charge in [0.2, 0.25) is 5.88 Å². The van der Waals surface area contributed by atoms with Crippen molar-refractivity contribution in [1.82, 2.24) is 9.88 Å². The number of hydrogen-bond donors (Lipinski definition) is 0. The predicted molar refractivity (Wildman–Crippen MR) is 112 cm³/mol. The molecule has 1 aromatic carbocycles. The zero-order valence-electron chi connectivity index (χ0n) is 17.1. The minimum absolute atomic E-state index is 0.268. The summed E-state index contributed by atoms with van der Waals surface area (Å²) in [7, 11) is 4.91. The van der Waals surface area contributed by atoms with Gasteiger partial charge in [0, 0.05) is 31.7 Å². The standard InChI is InChI=1S/C21H28ClN3O3/c1-14-13-24(20-9-7-17(22)21(23-20)28-5)10-11-25(14)15(2)16-6-8-18(26-3)19(12-16)27-4/h6-9,12,14-15H,10-11,13H2,1-5H3/t14-,15?/m0/s1. The fraction of sp³-hybridized carbons (Fsp3) is 0.476. The van der Waals surface area contributed by atoms with E-state index in [9.17, 15) is 0 Å². The predicted octanol–water partition coefficient (Wildman–Crippen LogP) is 4.03. The van der Waals surface area contributed by atoms with E-state index in [4.69, 9.17) is 25.8 Å². The van der Waals surface area contributed by atoms with E-state index in [-0.39, 0.29) is 6.04 Å². The SMILES string of the molecule is COc1ccc(C(C)N2CCN(c3ccc(Cl)c(OC)n3)C[C@@H]2C)cc1OC. The number of hydrogen-bond acceptors (Lipinski definition) is 6. The van der Waals surface area contributed by atoms with Crippen LogP contribution in [0.1, 0.15) is 25.5 Å². The highest BCUT2D eigenvalue weighted by molar-refractivity contribution is 6.31. The first-order chi connectivity index (χ1) is 13.5. The summed E-state index contributed by atoms with van der Waals surface area (Å²) in [5.74, 6) is 2.87. The van der Waals surface area contributed by atoms with E-state index >= 15 is 0 Å². The third kappa shape index (κ3) is 4.13. The Morgan fingerprint density at radius 3 is 2.43 bits per heavy atom. The first-order valence-electron chi connectivity index (χ1n) is 9.41. The number of ether oxygens (including phenoxy) is 3. The van der Waals surface area contributed by atoms with Crippen LogP contribution in [0.15, 0.2) is 30.3 Å². The van der Waals surface area contributed by atoms with Gasteiger partial charge in [-0.1, -0.05) is 17.7 Å². The Kier molecular flexibility index (Phi) is 6.52. The van der Waals surface area contributed by atoms with Gasteiger partial charge in [0.05, 0.1) is 21.3 Å². The minimum atomic E-state index is 0.268. The first-order valence-corrected chi connectivity index (χ1v) is 9.79. The number of anilines is 1. The molecule has 2 atom stereocenters. The molecule has 2 heterocycles. The van der Waals surface area contributed by atoms with Crippen molar-refractivity contribution in [2.75, 3.05) is 45.9 Å². The van der Waals surface area contributed by atoms with E-state index < -0.39 is 0 Å². The quantitative estimate of drug-likeness (QED) is 0.723. The Labute approximate surface area is 172 Å². The van der Waals surface area contributed by atoms with Crippen LogP contribution < -0.4 is 19.1 Å². The van der Waals surface area contributed by atoms with Gasteiger partial charge in [-0.05, 0) is 43.7 Å². The maximum Gasteiger partial charge on any atom is 0.234 e. The Balaban J connectivity index is 1.73. The van der Waals surface area contributed by atoms with Crippen molar-refractivity contribution >= 4 is 17.4 Å². The Bertz CT molecular complexity index is 817. The summed E-state index contributed by atoms with van der Waals surface area (Å²) in [6.45, 7) is 7.19. The van der Waals surface area contributed by atoms with Crippen molar-refractivity contribution in [2.45, 2.75) is 25.9 Å². The van der Waals surface area contributed by atoms with Gasteiger partial charge in [0.25, 0.3) is 0 Å². The smallest absolute Gasteiger partial charge is 0.234 e. The number of nitrogens with zero attached hydrogens (tertiary/aromatic N) is 3. The highest BCUT2D eigenvalue weighted by atomic mass is 35.5. The summed E-state index contributed by atoms with van der Waals surface area (Å²) in [5, 5.41) is 0.528. The zero-order valence-corrected chi connectivity index (χ0v) is 17.9. The van der Waals surface area contributed by atoms with Gasteiger partial charge in [-0.3, -0.25) is 4.90 Å². The van der Waals surface area contributed by atoms with Crippen LogP contribution in [0.4, 0.5) is 5.82 Å². The van der Waals surface area contributed by atoms with Crippen molar-refractivity contribution in [3.63, 3.8) is 0 Å². The number of methoxy groups -OCH3 is 3. The third-order valence-electron chi connectivity index (χ3n) is 5.38. The largest absolute Gasteiger partial charge is 0.493 e. The molecule has 1 aliphatic rings. The van der Waals surface area contributed by atoms with Gasteiger partial charge in [-0.2, -0.15) is 4.98 Å². The van der Waals surface area contributed by atoms with Crippen molar-refractivity contribution in [1.29, 1.82) is 0 Å². The summed E-state index contributed by atoms with van der Waals surface area (Å²) in [5.41, 5.74) is 1.21. The molecule has 0 amide bonds. The lowest BCUT2D eigenvalue weighted by Gasteiger charge is -2.43. The number of halogens is 1. The molecule has 1 aliphatic heterocycles. The molecule has 1 unspecified atom stereocenters. The highest BCUT2D eigenvalue weighted by Gasteiger charge is 2.29. The van der Waals surface area contributed by atoms with E-state index in [0.29, 0.717) is 16.9 Å². The Hall–Kier alpha value is -2.18. The van der Waals surface area contributed by atoms with E-state index in [1.165, 1.54) is 5.56 Å². The maximum atomic E-state index is 6.11. The first kappa shape index (κ1) is 20.6. The van der Waals surface area contributed by atoms with Gasteiger partial charge >= 0.3 is 0 Å².